The van der Waals surface area contributed by atoms with Crippen molar-refractivity contribution in [2.75, 3.05) is 30.3 Å². The summed E-state index contributed by atoms with van der Waals surface area (Å²) in [6.45, 7) is 1.64. The Morgan fingerprint density at radius 3 is 2.74 bits per heavy atom. The van der Waals surface area contributed by atoms with E-state index in [0.29, 0.717) is 10.6 Å². The van der Waals surface area contributed by atoms with Crippen molar-refractivity contribution in [3.05, 3.63) is 27.5 Å². The largest absolute Gasteiger partial charge is 0.397 e. The van der Waals surface area contributed by atoms with Gasteiger partial charge in [0.1, 0.15) is 4.88 Å². The van der Waals surface area contributed by atoms with Crippen LogP contribution in [0.2, 0.25) is 0 Å². The molecule has 6 heteroatoms. The van der Waals surface area contributed by atoms with Crippen LogP contribution in [0.1, 0.15) is 9.67 Å². The molecule has 3 rings (SSSR count). The summed E-state index contributed by atoms with van der Waals surface area (Å²) in [4.78, 5) is 15.1. The highest BCUT2D eigenvalue weighted by Gasteiger charge is 2.24. The van der Waals surface area contributed by atoms with Crippen molar-refractivity contribution in [2.24, 2.45) is 0 Å². The fourth-order valence-corrected chi connectivity index (χ4v) is 4.93. The zero-order valence-electron chi connectivity index (χ0n) is 10.2. The van der Waals surface area contributed by atoms with Gasteiger partial charge in [-0.3, -0.25) is 4.79 Å². The van der Waals surface area contributed by atoms with Crippen LogP contribution in [-0.4, -0.2) is 35.4 Å². The number of hydrogen-bond donors (Lipinski definition) is 1. The van der Waals surface area contributed by atoms with Crippen molar-refractivity contribution in [2.45, 2.75) is 0 Å². The van der Waals surface area contributed by atoms with E-state index in [1.54, 1.807) is 0 Å². The number of thioether (sulfide) groups is 1. The van der Waals surface area contributed by atoms with Crippen LogP contribution in [0.4, 0.5) is 5.69 Å². The van der Waals surface area contributed by atoms with Crippen molar-refractivity contribution in [3.8, 4) is 0 Å². The van der Waals surface area contributed by atoms with E-state index in [1.807, 2.05) is 34.9 Å². The molecule has 100 valence electrons. The van der Waals surface area contributed by atoms with Gasteiger partial charge in [0.05, 0.1) is 5.69 Å². The van der Waals surface area contributed by atoms with Gasteiger partial charge in [0, 0.05) is 39.2 Å². The molecule has 0 aliphatic carbocycles. The summed E-state index contributed by atoms with van der Waals surface area (Å²) in [5.74, 6) is 2.10. The number of halogens is 1. The predicted octanol–water partition coefficient (Wildman–Crippen LogP) is 3.44. The Hall–Kier alpha value is -0.720. The second-order valence-corrected chi connectivity index (χ2v) is 7.49. The fourth-order valence-electron chi connectivity index (χ4n) is 2.20. The molecule has 1 fully saturated rings. The van der Waals surface area contributed by atoms with Gasteiger partial charge in [-0.1, -0.05) is 22.0 Å². The molecule has 3 nitrogen and oxygen atoms in total. The van der Waals surface area contributed by atoms with Crippen molar-refractivity contribution in [3.63, 3.8) is 0 Å². The number of nitrogen functional groups attached to an aromatic ring is 1. The van der Waals surface area contributed by atoms with E-state index >= 15 is 0 Å². The first-order valence-electron chi connectivity index (χ1n) is 6.02. The van der Waals surface area contributed by atoms with Gasteiger partial charge >= 0.3 is 0 Å². The number of nitrogens with zero attached hydrogens (tertiary/aromatic N) is 1. The van der Waals surface area contributed by atoms with Gasteiger partial charge in [0.25, 0.3) is 5.91 Å². The third-order valence-electron chi connectivity index (χ3n) is 3.19. The van der Waals surface area contributed by atoms with E-state index in [-0.39, 0.29) is 5.91 Å². The predicted molar refractivity (Wildman–Crippen MR) is 87.2 cm³/mol. The number of rotatable bonds is 1. The lowest BCUT2D eigenvalue weighted by Crippen LogP contribution is -2.37. The summed E-state index contributed by atoms with van der Waals surface area (Å²) in [7, 11) is 0. The maximum Gasteiger partial charge on any atom is 0.266 e. The molecule has 0 spiro atoms. The van der Waals surface area contributed by atoms with Crippen LogP contribution in [0.5, 0.6) is 0 Å². The first-order valence-corrected chi connectivity index (χ1v) is 8.78. The molecule has 0 bridgehead atoms. The van der Waals surface area contributed by atoms with Crippen molar-refractivity contribution < 1.29 is 4.79 Å². The topological polar surface area (TPSA) is 46.3 Å². The summed E-state index contributed by atoms with van der Waals surface area (Å²) in [6, 6.07) is 5.93. The molecule has 0 atom stereocenters. The molecule has 1 aromatic carbocycles. The second kappa shape index (κ2) is 5.34. The zero-order valence-corrected chi connectivity index (χ0v) is 13.4. The third-order valence-corrected chi connectivity index (χ3v) is 5.96. The maximum absolute atomic E-state index is 12.5. The summed E-state index contributed by atoms with van der Waals surface area (Å²) in [6.07, 6.45) is 0. The van der Waals surface area contributed by atoms with E-state index < -0.39 is 0 Å². The first kappa shape index (κ1) is 13.3. The van der Waals surface area contributed by atoms with Gasteiger partial charge in [0.2, 0.25) is 0 Å². The molecule has 0 radical (unpaired) electrons. The Labute approximate surface area is 128 Å². The van der Waals surface area contributed by atoms with E-state index in [4.69, 9.17) is 5.73 Å². The lowest BCUT2D eigenvalue weighted by molar-refractivity contribution is 0.0778. The van der Waals surface area contributed by atoms with Crippen LogP contribution in [0, 0.1) is 0 Å². The highest BCUT2D eigenvalue weighted by molar-refractivity contribution is 9.10. The molecule has 2 N–H and O–H groups in total. The number of anilines is 1. The Bertz CT molecular complexity index is 635. The third kappa shape index (κ3) is 2.37. The summed E-state index contributed by atoms with van der Waals surface area (Å²) < 4.78 is 2.01. The average Bonchev–Trinajstić information content (AvgIpc) is 2.78. The summed E-state index contributed by atoms with van der Waals surface area (Å²) >= 11 is 6.89. The quantitative estimate of drug-likeness (QED) is 0.851. The van der Waals surface area contributed by atoms with Gasteiger partial charge in [-0.25, -0.2) is 0 Å². The Morgan fingerprint density at radius 1 is 1.32 bits per heavy atom. The minimum Gasteiger partial charge on any atom is -0.397 e. The Morgan fingerprint density at radius 2 is 2.05 bits per heavy atom. The molecule has 0 saturated carbocycles. The SMILES string of the molecule is Nc1c(C(=O)N2CCSCC2)sc2cccc(Br)c12. The standard InChI is InChI=1S/C13H13BrN2OS2/c14-8-2-1-3-9-10(8)11(15)12(19-9)13(17)16-4-6-18-7-5-16/h1-3H,4-7,15H2. The number of fused-ring (bicyclic) bond motifs is 1. The number of hydrogen-bond acceptors (Lipinski definition) is 4. The fraction of sp³-hybridized carbons (Fsp3) is 0.308. The van der Waals surface area contributed by atoms with Gasteiger partial charge < -0.3 is 10.6 Å². The molecular formula is C13H13BrN2OS2. The van der Waals surface area contributed by atoms with Crippen molar-refractivity contribution in [1.82, 2.24) is 4.90 Å². The Kier molecular flexibility index (Phi) is 3.73. The number of carbonyl (C=O) groups is 1. The lowest BCUT2D eigenvalue weighted by atomic mass is 10.2. The molecule has 1 aromatic heterocycles. The number of carbonyl (C=O) groups excluding carboxylic acids is 1. The number of amides is 1. The van der Waals surface area contributed by atoms with Crippen LogP contribution < -0.4 is 5.73 Å². The minimum atomic E-state index is 0.0749. The van der Waals surface area contributed by atoms with Crippen LogP contribution in [0.25, 0.3) is 10.1 Å². The molecule has 1 amide bonds. The van der Waals surface area contributed by atoms with Crippen LogP contribution in [0.3, 0.4) is 0 Å². The molecule has 1 saturated heterocycles. The first-order chi connectivity index (χ1) is 9.18. The molecule has 1 aliphatic heterocycles. The van der Waals surface area contributed by atoms with E-state index in [9.17, 15) is 4.79 Å². The van der Waals surface area contributed by atoms with Crippen molar-refractivity contribution >= 4 is 60.7 Å². The summed E-state index contributed by atoms with van der Waals surface area (Å²) in [5.41, 5.74) is 6.78. The van der Waals surface area contributed by atoms with Crippen LogP contribution in [0.15, 0.2) is 22.7 Å². The molecule has 19 heavy (non-hydrogen) atoms. The molecular weight excluding hydrogens is 344 g/mol. The lowest BCUT2D eigenvalue weighted by Gasteiger charge is -2.26. The van der Waals surface area contributed by atoms with Gasteiger partial charge in [-0.15, -0.1) is 11.3 Å². The molecule has 0 unspecified atom stereocenters. The zero-order chi connectivity index (χ0) is 13.4. The number of benzene rings is 1. The van der Waals surface area contributed by atoms with E-state index in [1.165, 1.54) is 11.3 Å². The maximum atomic E-state index is 12.5. The second-order valence-electron chi connectivity index (χ2n) is 4.36. The van der Waals surface area contributed by atoms with Crippen LogP contribution in [-0.2, 0) is 0 Å². The molecule has 2 aromatic rings. The van der Waals surface area contributed by atoms with Gasteiger partial charge in [0.15, 0.2) is 0 Å². The normalized spacial score (nSPS) is 15.9. The Balaban J connectivity index is 2.03. The number of nitrogens with two attached hydrogens (primary N) is 1. The monoisotopic (exact) mass is 356 g/mol. The highest BCUT2D eigenvalue weighted by Crippen LogP contribution is 2.38. The average molecular weight is 357 g/mol. The smallest absolute Gasteiger partial charge is 0.266 e. The summed E-state index contributed by atoms with van der Waals surface area (Å²) in [5, 5.41) is 0.960. The highest BCUT2D eigenvalue weighted by atomic mass is 79.9. The molecule has 1 aliphatic rings. The van der Waals surface area contributed by atoms with Crippen molar-refractivity contribution in [1.29, 1.82) is 0 Å². The van der Waals surface area contributed by atoms with Crippen LogP contribution >= 0.6 is 39.0 Å². The molecule has 2 heterocycles. The van der Waals surface area contributed by atoms with Gasteiger partial charge in [-0.05, 0) is 12.1 Å². The minimum absolute atomic E-state index is 0.0749. The van der Waals surface area contributed by atoms with E-state index in [2.05, 4.69) is 15.9 Å². The van der Waals surface area contributed by atoms with E-state index in [0.717, 1.165) is 39.2 Å². The van der Waals surface area contributed by atoms with Gasteiger partial charge in [-0.2, -0.15) is 11.8 Å². The number of thiophene rings is 1.